The highest BCUT2D eigenvalue weighted by Gasteiger charge is 2.47. The maximum atomic E-state index is 3.60. The van der Waals surface area contributed by atoms with Crippen LogP contribution >= 0.6 is 0 Å². The average molecular weight is 208 g/mol. The molecule has 86 valence electrons. The van der Waals surface area contributed by atoms with Crippen molar-refractivity contribution >= 4 is 0 Å². The van der Waals surface area contributed by atoms with Crippen LogP contribution in [0.5, 0.6) is 0 Å². The molecule has 3 rings (SSSR count). The molecule has 0 radical (unpaired) electrons. The summed E-state index contributed by atoms with van der Waals surface area (Å²) in [5.74, 6) is 0. The summed E-state index contributed by atoms with van der Waals surface area (Å²) in [6.07, 6.45) is 11.7. The van der Waals surface area contributed by atoms with E-state index < -0.39 is 0 Å². The highest BCUT2D eigenvalue weighted by molar-refractivity contribution is 5.05. The zero-order chi connectivity index (χ0) is 10.1. The molecule has 2 nitrogen and oxygen atoms in total. The van der Waals surface area contributed by atoms with E-state index in [1.807, 2.05) is 0 Å². The summed E-state index contributed by atoms with van der Waals surface area (Å²) in [7, 11) is 0. The molecule has 0 aromatic rings. The maximum Gasteiger partial charge on any atom is 0.0349 e. The van der Waals surface area contributed by atoms with Gasteiger partial charge < -0.3 is 5.32 Å². The summed E-state index contributed by atoms with van der Waals surface area (Å²) >= 11 is 0. The smallest absolute Gasteiger partial charge is 0.0349 e. The molecule has 1 atom stereocenters. The first-order valence-electron chi connectivity index (χ1n) is 6.88. The first-order chi connectivity index (χ1) is 7.41. The minimum atomic E-state index is 0.597. The first kappa shape index (κ1) is 10.1. The van der Waals surface area contributed by atoms with E-state index in [2.05, 4.69) is 10.2 Å². The van der Waals surface area contributed by atoms with Crippen molar-refractivity contribution in [3.63, 3.8) is 0 Å². The number of hydrogen-bond acceptors (Lipinski definition) is 2. The Balaban J connectivity index is 1.65. The highest BCUT2D eigenvalue weighted by atomic mass is 15.3. The van der Waals surface area contributed by atoms with Crippen molar-refractivity contribution < 1.29 is 0 Å². The SMILES string of the molecule is C1CCC(N2CCC23CCCNC3)CC1. The fourth-order valence-electron chi connectivity index (χ4n) is 3.93. The molecular weight excluding hydrogens is 184 g/mol. The van der Waals surface area contributed by atoms with Gasteiger partial charge in [0.25, 0.3) is 0 Å². The van der Waals surface area contributed by atoms with Crippen LogP contribution < -0.4 is 5.32 Å². The number of hydrogen-bond donors (Lipinski definition) is 1. The van der Waals surface area contributed by atoms with Crippen molar-refractivity contribution in [2.24, 2.45) is 0 Å². The molecule has 1 N–H and O–H groups in total. The quantitative estimate of drug-likeness (QED) is 0.710. The van der Waals surface area contributed by atoms with Crippen LogP contribution in [-0.2, 0) is 0 Å². The lowest BCUT2D eigenvalue weighted by molar-refractivity contribution is -0.0734. The molecule has 0 aromatic carbocycles. The van der Waals surface area contributed by atoms with Crippen LogP contribution in [0.3, 0.4) is 0 Å². The zero-order valence-corrected chi connectivity index (χ0v) is 9.80. The Morgan fingerprint density at radius 2 is 1.87 bits per heavy atom. The van der Waals surface area contributed by atoms with Crippen molar-refractivity contribution in [3.05, 3.63) is 0 Å². The number of nitrogens with one attached hydrogen (secondary N) is 1. The van der Waals surface area contributed by atoms with Gasteiger partial charge in [-0.2, -0.15) is 0 Å². The third kappa shape index (κ3) is 1.72. The van der Waals surface area contributed by atoms with Crippen molar-refractivity contribution in [1.82, 2.24) is 10.2 Å². The van der Waals surface area contributed by atoms with Crippen LogP contribution in [0.4, 0.5) is 0 Å². The second-order valence-electron chi connectivity index (χ2n) is 5.74. The lowest BCUT2D eigenvalue weighted by atomic mass is 9.75. The van der Waals surface area contributed by atoms with Gasteiger partial charge in [0.15, 0.2) is 0 Å². The minimum Gasteiger partial charge on any atom is -0.315 e. The molecule has 0 bridgehead atoms. The Morgan fingerprint density at radius 3 is 2.47 bits per heavy atom. The summed E-state index contributed by atoms with van der Waals surface area (Å²) in [6, 6.07) is 0.937. The molecule has 3 aliphatic rings. The fraction of sp³-hybridized carbons (Fsp3) is 1.00. The predicted molar refractivity (Wildman–Crippen MR) is 63.0 cm³/mol. The topological polar surface area (TPSA) is 15.3 Å². The van der Waals surface area contributed by atoms with Gasteiger partial charge in [-0.25, -0.2) is 0 Å². The number of likely N-dealkylation sites (tertiary alicyclic amines) is 1. The van der Waals surface area contributed by atoms with Crippen LogP contribution in [-0.4, -0.2) is 36.1 Å². The van der Waals surface area contributed by atoms with Crippen molar-refractivity contribution in [2.75, 3.05) is 19.6 Å². The van der Waals surface area contributed by atoms with Crippen LogP contribution in [0, 0.1) is 0 Å². The lowest BCUT2D eigenvalue weighted by Crippen LogP contribution is -2.69. The van der Waals surface area contributed by atoms with Gasteiger partial charge in [0.2, 0.25) is 0 Å². The van der Waals surface area contributed by atoms with Gasteiger partial charge in [-0.3, -0.25) is 4.90 Å². The summed E-state index contributed by atoms with van der Waals surface area (Å²) in [6.45, 7) is 3.90. The first-order valence-corrected chi connectivity index (χ1v) is 6.88. The van der Waals surface area contributed by atoms with E-state index in [0.29, 0.717) is 5.54 Å². The minimum absolute atomic E-state index is 0.597. The Hall–Kier alpha value is -0.0800. The molecule has 1 saturated carbocycles. The van der Waals surface area contributed by atoms with E-state index in [9.17, 15) is 0 Å². The standard InChI is InChI=1S/C13H24N2/c1-2-5-12(6-3-1)15-10-8-13(15)7-4-9-14-11-13/h12,14H,1-11H2. The van der Waals surface area contributed by atoms with Crippen molar-refractivity contribution in [3.8, 4) is 0 Å². The van der Waals surface area contributed by atoms with Gasteiger partial charge in [-0.1, -0.05) is 19.3 Å². The molecule has 15 heavy (non-hydrogen) atoms. The molecule has 2 heterocycles. The summed E-state index contributed by atoms with van der Waals surface area (Å²) < 4.78 is 0. The second-order valence-corrected chi connectivity index (χ2v) is 5.74. The normalized spacial score (nSPS) is 39.2. The Morgan fingerprint density at radius 1 is 1.00 bits per heavy atom. The summed E-state index contributed by atoms with van der Waals surface area (Å²) in [4.78, 5) is 2.86. The van der Waals surface area contributed by atoms with Gasteiger partial charge in [0.05, 0.1) is 0 Å². The number of rotatable bonds is 1. The van der Waals surface area contributed by atoms with Gasteiger partial charge in [-0.05, 0) is 38.6 Å². The van der Waals surface area contributed by atoms with E-state index in [0.717, 1.165) is 6.04 Å². The van der Waals surface area contributed by atoms with Crippen molar-refractivity contribution in [1.29, 1.82) is 0 Å². The molecule has 2 aliphatic heterocycles. The van der Waals surface area contributed by atoms with Crippen LogP contribution in [0.25, 0.3) is 0 Å². The largest absolute Gasteiger partial charge is 0.315 e. The van der Waals surface area contributed by atoms with Gasteiger partial charge >= 0.3 is 0 Å². The van der Waals surface area contributed by atoms with E-state index in [1.54, 1.807) is 0 Å². The lowest BCUT2D eigenvalue weighted by Gasteiger charge is -2.59. The number of piperidine rings is 1. The molecule has 2 saturated heterocycles. The van der Waals surface area contributed by atoms with Crippen LogP contribution in [0.2, 0.25) is 0 Å². The monoisotopic (exact) mass is 208 g/mol. The van der Waals surface area contributed by atoms with Crippen LogP contribution in [0.1, 0.15) is 51.4 Å². The fourth-order valence-corrected chi connectivity index (χ4v) is 3.93. The maximum absolute atomic E-state index is 3.60. The Bertz CT molecular complexity index is 215. The van der Waals surface area contributed by atoms with Gasteiger partial charge in [0, 0.05) is 24.7 Å². The number of nitrogens with zero attached hydrogens (tertiary/aromatic N) is 1. The van der Waals surface area contributed by atoms with Crippen molar-refractivity contribution in [2.45, 2.75) is 62.9 Å². The zero-order valence-electron chi connectivity index (χ0n) is 9.80. The van der Waals surface area contributed by atoms with E-state index in [1.165, 1.54) is 71.0 Å². The molecule has 0 amide bonds. The molecule has 1 spiro atoms. The molecule has 0 aromatic heterocycles. The molecule has 2 heteroatoms. The highest BCUT2D eigenvalue weighted by Crippen LogP contribution is 2.41. The Labute approximate surface area is 93.4 Å². The molecule has 3 fully saturated rings. The predicted octanol–water partition coefficient (Wildman–Crippen LogP) is 2.15. The molecule has 1 aliphatic carbocycles. The average Bonchev–Trinajstić information content (AvgIpc) is 2.30. The van der Waals surface area contributed by atoms with E-state index in [-0.39, 0.29) is 0 Å². The van der Waals surface area contributed by atoms with E-state index >= 15 is 0 Å². The van der Waals surface area contributed by atoms with Gasteiger partial charge in [0.1, 0.15) is 0 Å². The van der Waals surface area contributed by atoms with Crippen LogP contribution in [0.15, 0.2) is 0 Å². The van der Waals surface area contributed by atoms with E-state index in [4.69, 9.17) is 0 Å². The third-order valence-corrected chi connectivity index (χ3v) is 4.89. The summed E-state index contributed by atoms with van der Waals surface area (Å²) in [5, 5.41) is 3.60. The Kier molecular flexibility index (Phi) is 2.73. The second kappa shape index (κ2) is 4.06. The van der Waals surface area contributed by atoms with Gasteiger partial charge in [-0.15, -0.1) is 0 Å². The summed E-state index contributed by atoms with van der Waals surface area (Å²) in [5.41, 5.74) is 0.597. The molecule has 1 unspecified atom stereocenters. The third-order valence-electron chi connectivity index (χ3n) is 4.89. The molecular formula is C13H24N2.